The highest BCUT2D eigenvalue weighted by atomic mass is 16.2. The van der Waals surface area contributed by atoms with Crippen LogP contribution in [0.5, 0.6) is 0 Å². The number of nitrogens with zero attached hydrogens (tertiary/aromatic N) is 2. The van der Waals surface area contributed by atoms with E-state index in [1.165, 1.54) is 0 Å². The van der Waals surface area contributed by atoms with Crippen LogP contribution in [-0.2, 0) is 16.0 Å². The topological polar surface area (TPSA) is 91.4 Å². The van der Waals surface area contributed by atoms with Gasteiger partial charge in [0.1, 0.15) is 0 Å². The molecule has 0 unspecified atom stereocenters. The largest absolute Gasteiger partial charge is 0.351 e. The number of carbonyl (C=O) groups excluding carboxylic acids is 3. The molecule has 0 radical (unpaired) electrons. The molecule has 2 aromatic rings. The van der Waals surface area contributed by atoms with Gasteiger partial charge in [0, 0.05) is 42.8 Å². The second-order valence-electron chi connectivity index (χ2n) is 7.80. The van der Waals surface area contributed by atoms with Crippen LogP contribution in [0.25, 0.3) is 0 Å². The Morgan fingerprint density at radius 3 is 2.72 bits per heavy atom. The number of amides is 3. The van der Waals surface area contributed by atoms with Crippen LogP contribution < -0.4 is 10.6 Å². The minimum Gasteiger partial charge on any atom is -0.351 e. The van der Waals surface area contributed by atoms with Crippen molar-refractivity contribution < 1.29 is 14.4 Å². The van der Waals surface area contributed by atoms with Gasteiger partial charge in [0.2, 0.25) is 11.8 Å². The summed E-state index contributed by atoms with van der Waals surface area (Å²) in [6.07, 6.45) is 5.28. The van der Waals surface area contributed by atoms with Crippen LogP contribution in [-0.4, -0.2) is 46.7 Å². The highest BCUT2D eigenvalue weighted by molar-refractivity contribution is 5.98. The molecular weight excluding hydrogens is 368 g/mol. The Balaban J connectivity index is 1.48. The van der Waals surface area contributed by atoms with Crippen LogP contribution in [0, 0.1) is 12.8 Å². The number of pyridine rings is 1. The molecule has 3 fully saturated rings. The highest BCUT2D eigenvalue weighted by Gasteiger charge is 2.36. The van der Waals surface area contributed by atoms with Crippen molar-refractivity contribution in [1.82, 2.24) is 15.2 Å². The fourth-order valence-electron chi connectivity index (χ4n) is 3.96. The number of rotatable bonds is 4. The molecule has 5 rings (SSSR count). The number of hydrogen-bond acceptors (Lipinski definition) is 4. The first-order chi connectivity index (χ1) is 14.0. The van der Waals surface area contributed by atoms with Crippen LogP contribution >= 0.6 is 0 Å². The van der Waals surface area contributed by atoms with Gasteiger partial charge in [0.25, 0.3) is 5.91 Å². The van der Waals surface area contributed by atoms with Crippen LogP contribution in [0.3, 0.4) is 0 Å². The fraction of sp³-hybridized carbons (Fsp3) is 0.364. The second kappa shape index (κ2) is 8.03. The van der Waals surface area contributed by atoms with E-state index >= 15 is 0 Å². The Hall–Kier alpha value is -3.22. The maximum absolute atomic E-state index is 13.1. The van der Waals surface area contributed by atoms with Crippen molar-refractivity contribution in [2.24, 2.45) is 5.92 Å². The van der Waals surface area contributed by atoms with Gasteiger partial charge in [-0.05, 0) is 55.2 Å². The summed E-state index contributed by atoms with van der Waals surface area (Å²) >= 11 is 0. The van der Waals surface area contributed by atoms with E-state index in [-0.39, 0.29) is 36.1 Å². The molecule has 1 aromatic carbocycles. The van der Waals surface area contributed by atoms with Gasteiger partial charge in [-0.15, -0.1) is 0 Å². The molecule has 29 heavy (non-hydrogen) atoms. The van der Waals surface area contributed by atoms with Crippen LogP contribution in [0.1, 0.15) is 34.3 Å². The van der Waals surface area contributed by atoms with E-state index in [9.17, 15) is 14.4 Å². The zero-order chi connectivity index (χ0) is 20.4. The molecule has 3 aliphatic rings. The lowest BCUT2D eigenvalue weighted by molar-refractivity contribution is -0.126. The lowest BCUT2D eigenvalue weighted by Gasteiger charge is -2.23. The fourth-order valence-corrected chi connectivity index (χ4v) is 3.96. The van der Waals surface area contributed by atoms with E-state index in [2.05, 4.69) is 15.6 Å². The number of anilines is 1. The highest BCUT2D eigenvalue weighted by Crippen LogP contribution is 2.25. The average Bonchev–Trinajstić information content (AvgIpc) is 3.01. The third kappa shape index (κ3) is 4.29. The van der Waals surface area contributed by atoms with Crippen molar-refractivity contribution >= 4 is 23.4 Å². The molecule has 4 heterocycles. The van der Waals surface area contributed by atoms with Crippen LogP contribution in [0.4, 0.5) is 5.69 Å². The summed E-state index contributed by atoms with van der Waals surface area (Å²) in [4.78, 5) is 43.3. The Bertz CT molecular complexity index is 944. The maximum atomic E-state index is 13.1. The SMILES string of the molecule is Cc1ccc(C(=O)N2C[C@@H]3CC[C@H](C2)C(=O)N3)cc1NC(=O)Cc1ccncc1. The molecule has 2 atom stereocenters. The van der Waals surface area contributed by atoms with Crippen molar-refractivity contribution in [2.75, 3.05) is 18.4 Å². The predicted molar refractivity (Wildman–Crippen MR) is 108 cm³/mol. The van der Waals surface area contributed by atoms with Gasteiger partial charge in [0.05, 0.1) is 12.3 Å². The van der Waals surface area contributed by atoms with Gasteiger partial charge < -0.3 is 15.5 Å². The van der Waals surface area contributed by atoms with Gasteiger partial charge in [-0.1, -0.05) is 6.07 Å². The minimum absolute atomic E-state index is 0.0233. The molecule has 2 bridgehead atoms. The summed E-state index contributed by atoms with van der Waals surface area (Å²) in [5, 5.41) is 5.90. The predicted octanol–water partition coefficient (Wildman–Crippen LogP) is 1.92. The second-order valence-corrected chi connectivity index (χ2v) is 7.80. The number of fused-ring (bicyclic) bond motifs is 4. The summed E-state index contributed by atoms with van der Waals surface area (Å²) in [5.74, 6) is -0.346. The first-order valence-corrected chi connectivity index (χ1v) is 9.88. The number of carbonyl (C=O) groups is 3. The number of aryl methyl sites for hydroxylation is 1. The van der Waals surface area contributed by atoms with E-state index in [4.69, 9.17) is 0 Å². The molecule has 3 saturated heterocycles. The molecule has 3 aliphatic heterocycles. The molecule has 1 aromatic heterocycles. The lowest BCUT2D eigenvalue weighted by Crippen LogP contribution is -2.43. The number of benzene rings is 1. The lowest BCUT2D eigenvalue weighted by atomic mass is 9.96. The molecule has 0 aliphatic carbocycles. The van der Waals surface area contributed by atoms with Crippen molar-refractivity contribution in [2.45, 2.75) is 32.2 Å². The smallest absolute Gasteiger partial charge is 0.254 e. The Labute approximate surface area is 169 Å². The Morgan fingerprint density at radius 1 is 1.17 bits per heavy atom. The number of nitrogens with one attached hydrogen (secondary N) is 2. The molecule has 7 nitrogen and oxygen atoms in total. The normalized spacial score (nSPS) is 20.7. The van der Waals surface area contributed by atoms with Gasteiger partial charge in [-0.2, -0.15) is 0 Å². The monoisotopic (exact) mass is 392 g/mol. The third-order valence-corrected chi connectivity index (χ3v) is 5.62. The number of aromatic nitrogens is 1. The first kappa shape index (κ1) is 19.1. The van der Waals surface area contributed by atoms with Crippen molar-refractivity contribution in [3.05, 3.63) is 59.4 Å². The standard InChI is InChI=1S/C22H24N4O3/c1-14-2-3-16(11-19(14)25-20(27)10-15-6-8-23-9-7-15)22(29)26-12-17-4-5-18(13-26)24-21(17)28/h2-3,6-9,11,17-18H,4-5,10,12-13H2,1H3,(H,24,28)(H,25,27)/t17-,18+/m1/s1. The van der Waals surface area contributed by atoms with E-state index in [0.717, 1.165) is 24.0 Å². The zero-order valence-electron chi connectivity index (χ0n) is 16.4. The molecule has 7 heteroatoms. The Kier molecular flexibility index (Phi) is 5.29. The third-order valence-electron chi connectivity index (χ3n) is 5.62. The van der Waals surface area contributed by atoms with E-state index in [1.54, 1.807) is 41.6 Å². The molecule has 150 valence electrons. The average molecular weight is 392 g/mol. The number of hydrogen-bond donors (Lipinski definition) is 2. The summed E-state index contributed by atoms with van der Waals surface area (Å²) in [7, 11) is 0. The molecule has 0 saturated carbocycles. The van der Waals surface area contributed by atoms with E-state index in [1.807, 2.05) is 13.0 Å². The van der Waals surface area contributed by atoms with E-state index < -0.39 is 0 Å². The van der Waals surface area contributed by atoms with Gasteiger partial charge in [0.15, 0.2) is 0 Å². The summed E-state index contributed by atoms with van der Waals surface area (Å²) in [6, 6.07) is 8.97. The molecule has 2 N–H and O–H groups in total. The van der Waals surface area contributed by atoms with Crippen LogP contribution in [0.2, 0.25) is 0 Å². The van der Waals surface area contributed by atoms with Crippen LogP contribution in [0.15, 0.2) is 42.7 Å². The van der Waals surface area contributed by atoms with Crippen molar-refractivity contribution in [1.29, 1.82) is 0 Å². The Morgan fingerprint density at radius 2 is 1.97 bits per heavy atom. The minimum atomic E-state index is -0.147. The molecule has 3 amide bonds. The molecular formula is C22H24N4O3. The quantitative estimate of drug-likeness (QED) is 0.832. The maximum Gasteiger partial charge on any atom is 0.254 e. The van der Waals surface area contributed by atoms with Gasteiger partial charge in [-0.25, -0.2) is 0 Å². The van der Waals surface area contributed by atoms with Crippen molar-refractivity contribution in [3.8, 4) is 0 Å². The summed E-state index contributed by atoms with van der Waals surface area (Å²) < 4.78 is 0. The first-order valence-electron chi connectivity index (χ1n) is 9.88. The summed E-state index contributed by atoms with van der Waals surface area (Å²) in [5.41, 5.74) is 2.91. The van der Waals surface area contributed by atoms with Gasteiger partial charge >= 0.3 is 0 Å². The summed E-state index contributed by atoms with van der Waals surface area (Å²) in [6.45, 7) is 2.86. The van der Waals surface area contributed by atoms with Crippen molar-refractivity contribution in [3.63, 3.8) is 0 Å². The zero-order valence-corrected chi connectivity index (χ0v) is 16.4. The molecule has 0 spiro atoms. The van der Waals surface area contributed by atoms with Gasteiger partial charge in [-0.3, -0.25) is 19.4 Å². The number of piperidine rings is 1. The van der Waals surface area contributed by atoms with E-state index in [0.29, 0.717) is 24.3 Å².